The minimum atomic E-state index is 0.126. The van der Waals surface area contributed by atoms with Crippen LogP contribution in [0, 0.1) is 0 Å². The summed E-state index contributed by atoms with van der Waals surface area (Å²) in [5, 5.41) is 6.58. The van der Waals surface area contributed by atoms with Crippen molar-refractivity contribution in [2.75, 3.05) is 39.8 Å². The number of nitrogens with one attached hydrogen (secondary N) is 2. The van der Waals surface area contributed by atoms with Crippen LogP contribution in [-0.2, 0) is 11.3 Å². The lowest BCUT2D eigenvalue weighted by atomic mass is 10.1. The molecule has 1 aliphatic rings. The van der Waals surface area contributed by atoms with Gasteiger partial charge in [-0.05, 0) is 45.7 Å². The molecule has 1 unspecified atom stereocenters. The fourth-order valence-corrected chi connectivity index (χ4v) is 3.20. The summed E-state index contributed by atoms with van der Waals surface area (Å²) < 4.78 is 0. The molecule has 1 atom stereocenters. The van der Waals surface area contributed by atoms with Crippen molar-refractivity contribution in [1.82, 2.24) is 20.4 Å². The normalized spacial score (nSPS) is 15.9. The molecule has 1 fully saturated rings. The van der Waals surface area contributed by atoms with E-state index >= 15 is 0 Å². The maximum Gasteiger partial charge on any atom is 0.244 e. The van der Waals surface area contributed by atoms with Crippen LogP contribution in [0.4, 0.5) is 0 Å². The van der Waals surface area contributed by atoms with Gasteiger partial charge in [-0.25, -0.2) is 4.99 Å². The van der Waals surface area contributed by atoms with E-state index in [0.717, 1.165) is 57.9 Å². The van der Waals surface area contributed by atoms with E-state index < -0.39 is 0 Å². The first kappa shape index (κ1) is 21.2. The summed E-state index contributed by atoms with van der Waals surface area (Å²) in [6.07, 6.45) is 3.23. The maximum atomic E-state index is 12.2. The molecule has 2 rings (SSSR count). The van der Waals surface area contributed by atoms with Crippen LogP contribution in [-0.4, -0.2) is 67.5 Å². The zero-order valence-electron chi connectivity index (χ0n) is 17.1. The Kier molecular flexibility index (Phi) is 9.11. The summed E-state index contributed by atoms with van der Waals surface area (Å²) in [7, 11) is 2.16. The summed E-state index contributed by atoms with van der Waals surface area (Å²) in [6.45, 7) is 8.81. The van der Waals surface area contributed by atoms with E-state index in [0.29, 0.717) is 6.04 Å². The summed E-state index contributed by atoms with van der Waals surface area (Å²) >= 11 is 0. The smallest absolute Gasteiger partial charge is 0.244 e. The first-order valence-electron chi connectivity index (χ1n) is 10.1. The van der Waals surface area contributed by atoms with E-state index in [9.17, 15) is 4.79 Å². The highest BCUT2D eigenvalue weighted by atomic mass is 16.2. The van der Waals surface area contributed by atoms with Crippen molar-refractivity contribution in [3.63, 3.8) is 0 Å². The Morgan fingerprint density at radius 1 is 1.22 bits per heavy atom. The molecule has 1 amide bonds. The quantitative estimate of drug-likeness (QED) is 0.514. The van der Waals surface area contributed by atoms with Crippen molar-refractivity contribution in [2.45, 2.75) is 45.7 Å². The maximum absolute atomic E-state index is 12.2. The lowest BCUT2D eigenvalue weighted by Gasteiger charge is -2.25. The van der Waals surface area contributed by atoms with Gasteiger partial charge in [-0.2, -0.15) is 0 Å². The molecule has 0 bridgehead atoms. The molecule has 1 saturated heterocycles. The third-order valence-electron chi connectivity index (χ3n) is 5.06. The van der Waals surface area contributed by atoms with Gasteiger partial charge in [0.05, 0.1) is 0 Å². The number of aliphatic imine (C=N–C) groups is 1. The second-order valence-electron chi connectivity index (χ2n) is 7.25. The fourth-order valence-electron chi connectivity index (χ4n) is 3.20. The van der Waals surface area contributed by atoms with E-state index in [4.69, 9.17) is 0 Å². The molecule has 0 aliphatic carbocycles. The second-order valence-corrected chi connectivity index (χ2v) is 7.25. The van der Waals surface area contributed by atoms with Gasteiger partial charge in [0.25, 0.3) is 0 Å². The van der Waals surface area contributed by atoms with E-state index in [1.807, 2.05) is 17.9 Å². The number of rotatable bonds is 9. The third kappa shape index (κ3) is 7.59. The van der Waals surface area contributed by atoms with Gasteiger partial charge in [0.2, 0.25) is 5.91 Å². The number of carbonyl (C=O) groups excluding carboxylic acids is 1. The van der Waals surface area contributed by atoms with E-state index in [1.54, 1.807) is 0 Å². The predicted molar refractivity (Wildman–Crippen MR) is 112 cm³/mol. The average Bonchev–Trinajstić information content (AvgIpc) is 3.21. The van der Waals surface area contributed by atoms with Crippen LogP contribution in [0.5, 0.6) is 0 Å². The molecule has 1 aromatic rings. The zero-order valence-corrected chi connectivity index (χ0v) is 17.1. The lowest BCUT2D eigenvalue weighted by molar-refractivity contribution is -0.128. The molecule has 1 heterocycles. The Labute approximate surface area is 164 Å². The van der Waals surface area contributed by atoms with E-state index in [2.05, 4.69) is 58.8 Å². The number of likely N-dealkylation sites (tertiary alicyclic amines) is 1. The highest BCUT2D eigenvalue weighted by Gasteiger charge is 2.17. The first-order chi connectivity index (χ1) is 13.1. The van der Waals surface area contributed by atoms with Crippen LogP contribution in [0.25, 0.3) is 0 Å². The highest BCUT2D eigenvalue weighted by molar-refractivity contribution is 5.85. The van der Waals surface area contributed by atoms with Crippen LogP contribution < -0.4 is 10.6 Å². The standard InChI is InChI=1S/C21H35N5O/c1-4-22-21(24-16-20(27)26-14-8-9-15-26)23-13-12-18(2)25(3)17-19-10-6-5-7-11-19/h5-7,10-11,18H,4,8-9,12-17H2,1-3H3,(H2,22,23,24). The predicted octanol–water partition coefficient (Wildman–Crippen LogP) is 2.07. The monoisotopic (exact) mass is 373 g/mol. The summed E-state index contributed by atoms with van der Waals surface area (Å²) in [6, 6.07) is 11.0. The van der Waals surface area contributed by atoms with Crippen LogP contribution in [0.1, 0.15) is 38.7 Å². The molecule has 27 heavy (non-hydrogen) atoms. The molecule has 150 valence electrons. The van der Waals surface area contributed by atoms with Gasteiger partial charge in [0.1, 0.15) is 6.54 Å². The van der Waals surface area contributed by atoms with Crippen LogP contribution in [0.15, 0.2) is 35.3 Å². The molecular formula is C21H35N5O. The zero-order chi connectivity index (χ0) is 19.5. The minimum absolute atomic E-state index is 0.126. The Hall–Kier alpha value is -2.08. The van der Waals surface area contributed by atoms with Gasteiger partial charge in [-0.1, -0.05) is 30.3 Å². The summed E-state index contributed by atoms with van der Waals surface area (Å²) in [5.41, 5.74) is 1.33. The van der Waals surface area contributed by atoms with E-state index in [-0.39, 0.29) is 12.5 Å². The molecule has 6 nitrogen and oxygen atoms in total. The second kappa shape index (κ2) is 11.6. The molecule has 0 radical (unpaired) electrons. The third-order valence-corrected chi connectivity index (χ3v) is 5.06. The molecule has 1 aromatic carbocycles. The molecule has 0 saturated carbocycles. The van der Waals surface area contributed by atoms with E-state index in [1.165, 1.54) is 5.56 Å². The summed E-state index contributed by atoms with van der Waals surface area (Å²) in [4.78, 5) is 20.9. The number of hydrogen-bond donors (Lipinski definition) is 2. The number of carbonyl (C=O) groups is 1. The van der Waals surface area contributed by atoms with Crippen molar-refractivity contribution in [1.29, 1.82) is 0 Å². The number of nitrogens with zero attached hydrogens (tertiary/aromatic N) is 3. The van der Waals surface area contributed by atoms with Crippen molar-refractivity contribution in [3.05, 3.63) is 35.9 Å². The SMILES string of the molecule is CCNC(=NCC(=O)N1CCCC1)NCCC(C)N(C)Cc1ccccc1. The minimum Gasteiger partial charge on any atom is -0.357 e. The average molecular weight is 374 g/mol. The van der Waals surface area contributed by atoms with Crippen molar-refractivity contribution < 1.29 is 4.79 Å². The number of hydrogen-bond acceptors (Lipinski definition) is 3. The molecule has 6 heteroatoms. The van der Waals surface area contributed by atoms with Crippen LogP contribution >= 0.6 is 0 Å². The topological polar surface area (TPSA) is 60.0 Å². The molecule has 0 aromatic heterocycles. The van der Waals surface area contributed by atoms with Crippen molar-refractivity contribution in [3.8, 4) is 0 Å². The van der Waals surface area contributed by atoms with Crippen LogP contribution in [0.2, 0.25) is 0 Å². The Bertz CT molecular complexity index is 583. The Morgan fingerprint density at radius 2 is 1.93 bits per heavy atom. The Morgan fingerprint density at radius 3 is 2.59 bits per heavy atom. The number of guanidine groups is 1. The number of benzene rings is 1. The molecule has 2 N–H and O–H groups in total. The molecule has 0 spiro atoms. The van der Waals surface area contributed by atoms with Gasteiger partial charge in [-0.15, -0.1) is 0 Å². The fraction of sp³-hybridized carbons (Fsp3) is 0.619. The highest BCUT2D eigenvalue weighted by Crippen LogP contribution is 2.08. The lowest BCUT2D eigenvalue weighted by Crippen LogP contribution is -2.41. The first-order valence-corrected chi connectivity index (χ1v) is 10.1. The van der Waals surface area contributed by atoms with Gasteiger partial charge in [0, 0.05) is 38.8 Å². The molecular weight excluding hydrogens is 338 g/mol. The van der Waals surface area contributed by atoms with Crippen molar-refractivity contribution in [2.24, 2.45) is 4.99 Å². The largest absolute Gasteiger partial charge is 0.357 e. The van der Waals surface area contributed by atoms with Crippen molar-refractivity contribution >= 4 is 11.9 Å². The van der Waals surface area contributed by atoms with Gasteiger partial charge < -0.3 is 15.5 Å². The van der Waals surface area contributed by atoms with Gasteiger partial charge >= 0.3 is 0 Å². The molecule has 1 aliphatic heterocycles. The number of amides is 1. The van der Waals surface area contributed by atoms with Gasteiger partial charge in [-0.3, -0.25) is 9.69 Å². The summed E-state index contributed by atoms with van der Waals surface area (Å²) in [5.74, 6) is 0.851. The van der Waals surface area contributed by atoms with Gasteiger partial charge in [0.15, 0.2) is 5.96 Å². The van der Waals surface area contributed by atoms with Crippen LogP contribution in [0.3, 0.4) is 0 Å². The Balaban J connectivity index is 1.73.